The Morgan fingerprint density at radius 1 is 1.12 bits per heavy atom. The number of non-ortho nitro benzene ring substituents is 1. The highest BCUT2D eigenvalue weighted by atomic mass is 16.6. The van der Waals surface area contributed by atoms with Crippen LogP contribution in [0.2, 0.25) is 0 Å². The van der Waals surface area contributed by atoms with Gasteiger partial charge >= 0.3 is 0 Å². The van der Waals surface area contributed by atoms with Gasteiger partial charge in [0.25, 0.3) is 5.69 Å². The molecular weight excluding hydrogens is 312 g/mol. The zero-order valence-electron chi connectivity index (χ0n) is 13.0. The quantitative estimate of drug-likeness (QED) is 0.688. The van der Waals surface area contributed by atoms with E-state index in [4.69, 9.17) is 9.47 Å². The summed E-state index contributed by atoms with van der Waals surface area (Å²) < 4.78 is 10.9. The molecule has 0 aromatic heterocycles. The highest BCUT2D eigenvalue weighted by Crippen LogP contribution is 2.33. The molecule has 0 aliphatic carbocycles. The number of rotatable bonds is 4. The molecule has 0 radical (unpaired) electrons. The topological polar surface area (TPSA) is 90.7 Å². The van der Waals surface area contributed by atoms with E-state index in [2.05, 4.69) is 5.32 Å². The van der Waals surface area contributed by atoms with Crippen molar-refractivity contribution in [3.05, 3.63) is 58.1 Å². The van der Waals surface area contributed by atoms with Gasteiger partial charge in [-0.05, 0) is 24.6 Å². The standard InChI is InChI=1S/C17H16N2O5/c1-11(12-2-5-14(6-3-12)19(21)22)17(20)18-13-4-7-15-16(10-13)24-9-8-23-15/h2-7,10-11H,8-9H2,1H3,(H,18,20)/t11-/m1/s1. The number of amides is 1. The number of nitro groups is 1. The Bertz CT molecular complexity index is 773. The number of hydrogen-bond acceptors (Lipinski definition) is 5. The molecule has 1 atom stereocenters. The molecule has 0 unspecified atom stereocenters. The summed E-state index contributed by atoms with van der Waals surface area (Å²) in [5, 5.41) is 13.5. The minimum absolute atomic E-state index is 0.00167. The molecule has 124 valence electrons. The first kappa shape index (κ1) is 15.8. The monoisotopic (exact) mass is 328 g/mol. The van der Waals surface area contributed by atoms with Crippen molar-refractivity contribution >= 4 is 17.3 Å². The van der Waals surface area contributed by atoms with E-state index in [1.54, 1.807) is 37.3 Å². The third-order valence-corrected chi connectivity index (χ3v) is 3.81. The first-order chi connectivity index (χ1) is 11.5. The second-order valence-corrected chi connectivity index (χ2v) is 5.42. The molecule has 0 spiro atoms. The maximum absolute atomic E-state index is 12.4. The molecule has 0 fully saturated rings. The molecule has 0 saturated heterocycles. The van der Waals surface area contributed by atoms with Gasteiger partial charge in [0.2, 0.25) is 5.91 Å². The summed E-state index contributed by atoms with van der Waals surface area (Å²) in [4.78, 5) is 22.6. The zero-order chi connectivity index (χ0) is 17.1. The van der Waals surface area contributed by atoms with Crippen molar-refractivity contribution in [2.45, 2.75) is 12.8 Å². The Balaban J connectivity index is 1.70. The first-order valence-electron chi connectivity index (χ1n) is 7.49. The number of nitrogens with one attached hydrogen (secondary N) is 1. The van der Waals surface area contributed by atoms with Crippen molar-refractivity contribution < 1.29 is 19.2 Å². The Kier molecular flexibility index (Phi) is 4.33. The van der Waals surface area contributed by atoms with Crippen LogP contribution in [0.4, 0.5) is 11.4 Å². The first-order valence-corrected chi connectivity index (χ1v) is 7.49. The average Bonchev–Trinajstić information content (AvgIpc) is 2.61. The van der Waals surface area contributed by atoms with Crippen LogP contribution >= 0.6 is 0 Å². The summed E-state index contributed by atoms with van der Waals surface area (Å²) >= 11 is 0. The van der Waals surface area contributed by atoms with E-state index in [0.717, 1.165) is 0 Å². The number of nitro benzene ring substituents is 1. The normalized spacial score (nSPS) is 13.9. The second kappa shape index (κ2) is 6.57. The summed E-state index contributed by atoms with van der Waals surface area (Å²) in [5.41, 5.74) is 1.31. The molecule has 1 aliphatic rings. The van der Waals surface area contributed by atoms with Gasteiger partial charge < -0.3 is 14.8 Å². The van der Waals surface area contributed by atoms with Crippen LogP contribution in [-0.4, -0.2) is 24.0 Å². The lowest BCUT2D eigenvalue weighted by Gasteiger charge is -2.19. The maximum Gasteiger partial charge on any atom is 0.269 e. The fourth-order valence-corrected chi connectivity index (χ4v) is 2.41. The third-order valence-electron chi connectivity index (χ3n) is 3.81. The largest absolute Gasteiger partial charge is 0.486 e. The number of nitrogens with zero attached hydrogens (tertiary/aromatic N) is 1. The smallest absolute Gasteiger partial charge is 0.269 e. The van der Waals surface area contributed by atoms with Gasteiger partial charge in [0.05, 0.1) is 10.8 Å². The molecule has 7 nitrogen and oxygen atoms in total. The molecule has 1 heterocycles. The number of benzene rings is 2. The van der Waals surface area contributed by atoms with E-state index in [1.165, 1.54) is 12.1 Å². The van der Waals surface area contributed by atoms with Gasteiger partial charge in [-0.3, -0.25) is 14.9 Å². The van der Waals surface area contributed by atoms with Crippen molar-refractivity contribution in [3.63, 3.8) is 0 Å². The van der Waals surface area contributed by atoms with Crippen LogP contribution in [0.25, 0.3) is 0 Å². The van der Waals surface area contributed by atoms with Gasteiger partial charge in [0.1, 0.15) is 13.2 Å². The molecule has 2 aromatic carbocycles. The van der Waals surface area contributed by atoms with Gasteiger partial charge in [0, 0.05) is 23.9 Å². The number of anilines is 1. The average molecular weight is 328 g/mol. The van der Waals surface area contributed by atoms with Crippen molar-refractivity contribution in [2.24, 2.45) is 0 Å². The van der Waals surface area contributed by atoms with Crippen LogP contribution in [0, 0.1) is 10.1 Å². The Morgan fingerprint density at radius 3 is 2.46 bits per heavy atom. The minimum Gasteiger partial charge on any atom is -0.486 e. The Labute approximate surface area is 138 Å². The molecular formula is C17H16N2O5. The fourth-order valence-electron chi connectivity index (χ4n) is 2.41. The van der Waals surface area contributed by atoms with E-state index in [0.29, 0.717) is 36.0 Å². The van der Waals surface area contributed by atoms with Gasteiger partial charge in [0.15, 0.2) is 11.5 Å². The number of fused-ring (bicyclic) bond motifs is 1. The van der Waals surface area contributed by atoms with E-state index in [9.17, 15) is 14.9 Å². The summed E-state index contributed by atoms with van der Waals surface area (Å²) in [6.45, 7) is 2.73. The van der Waals surface area contributed by atoms with E-state index in [-0.39, 0.29) is 11.6 Å². The molecule has 3 rings (SSSR count). The predicted octanol–water partition coefficient (Wildman–Crippen LogP) is 3.11. The van der Waals surface area contributed by atoms with Gasteiger partial charge in [-0.2, -0.15) is 0 Å². The van der Waals surface area contributed by atoms with E-state index >= 15 is 0 Å². The number of carbonyl (C=O) groups is 1. The molecule has 1 aliphatic heterocycles. The summed E-state index contributed by atoms with van der Waals surface area (Å²) in [7, 11) is 0. The van der Waals surface area contributed by atoms with Crippen LogP contribution < -0.4 is 14.8 Å². The SMILES string of the molecule is C[C@@H](C(=O)Nc1ccc2c(c1)OCCO2)c1ccc([N+](=O)[O-])cc1. The highest BCUT2D eigenvalue weighted by Gasteiger charge is 2.18. The zero-order valence-corrected chi connectivity index (χ0v) is 13.0. The van der Waals surface area contributed by atoms with Crippen LogP contribution in [0.1, 0.15) is 18.4 Å². The maximum atomic E-state index is 12.4. The van der Waals surface area contributed by atoms with Gasteiger partial charge in [-0.1, -0.05) is 12.1 Å². The van der Waals surface area contributed by atoms with Crippen molar-refractivity contribution in [1.29, 1.82) is 0 Å². The predicted molar refractivity (Wildman–Crippen MR) is 87.6 cm³/mol. The Hall–Kier alpha value is -3.09. The Morgan fingerprint density at radius 2 is 1.79 bits per heavy atom. The molecule has 0 saturated carbocycles. The number of carbonyl (C=O) groups excluding carboxylic acids is 1. The summed E-state index contributed by atoms with van der Waals surface area (Å²) in [6, 6.07) is 11.2. The van der Waals surface area contributed by atoms with Crippen molar-refractivity contribution in [2.75, 3.05) is 18.5 Å². The lowest BCUT2D eigenvalue weighted by Crippen LogP contribution is -2.19. The van der Waals surface area contributed by atoms with Gasteiger partial charge in [-0.15, -0.1) is 0 Å². The van der Waals surface area contributed by atoms with Crippen LogP contribution in [-0.2, 0) is 4.79 Å². The molecule has 2 aromatic rings. The summed E-state index contributed by atoms with van der Waals surface area (Å²) in [6.07, 6.45) is 0. The van der Waals surface area contributed by atoms with E-state index < -0.39 is 10.8 Å². The highest BCUT2D eigenvalue weighted by molar-refractivity contribution is 5.95. The molecule has 7 heteroatoms. The molecule has 24 heavy (non-hydrogen) atoms. The minimum atomic E-state index is -0.469. The lowest BCUT2D eigenvalue weighted by atomic mass is 10.00. The van der Waals surface area contributed by atoms with E-state index in [1.807, 2.05) is 0 Å². The van der Waals surface area contributed by atoms with Crippen LogP contribution in [0.5, 0.6) is 11.5 Å². The molecule has 1 N–H and O–H groups in total. The summed E-state index contributed by atoms with van der Waals surface area (Å²) in [5.74, 6) is 0.601. The third kappa shape index (κ3) is 3.29. The molecule has 1 amide bonds. The second-order valence-electron chi connectivity index (χ2n) is 5.42. The van der Waals surface area contributed by atoms with Crippen LogP contribution in [0.3, 0.4) is 0 Å². The lowest BCUT2D eigenvalue weighted by molar-refractivity contribution is -0.384. The van der Waals surface area contributed by atoms with Gasteiger partial charge in [-0.25, -0.2) is 0 Å². The number of hydrogen-bond donors (Lipinski definition) is 1. The molecule has 0 bridgehead atoms. The number of ether oxygens (including phenoxy) is 2. The van der Waals surface area contributed by atoms with Crippen LogP contribution in [0.15, 0.2) is 42.5 Å². The van der Waals surface area contributed by atoms with Crippen molar-refractivity contribution in [3.8, 4) is 11.5 Å². The fraction of sp³-hybridized carbons (Fsp3) is 0.235. The van der Waals surface area contributed by atoms with Crippen molar-refractivity contribution in [1.82, 2.24) is 0 Å².